The quantitative estimate of drug-likeness (QED) is 0.241. The van der Waals surface area contributed by atoms with Crippen molar-refractivity contribution in [2.24, 2.45) is 22.1 Å². The third kappa shape index (κ3) is 1.39. The lowest BCUT2D eigenvalue weighted by Gasteiger charge is -2.48. The van der Waals surface area contributed by atoms with Gasteiger partial charge < -0.3 is 16.5 Å². The van der Waals surface area contributed by atoms with E-state index in [2.05, 4.69) is 18.9 Å². The zero-order valence-corrected chi connectivity index (χ0v) is 7.17. The van der Waals surface area contributed by atoms with Crippen molar-refractivity contribution in [2.75, 3.05) is 13.1 Å². The molecule has 0 aliphatic carbocycles. The summed E-state index contributed by atoms with van der Waals surface area (Å²) in [7, 11) is 0. The normalized spacial score (nSPS) is 23.1. The van der Waals surface area contributed by atoms with E-state index in [9.17, 15) is 0 Å². The Labute approximate surface area is 67.2 Å². The van der Waals surface area contributed by atoms with Gasteiger partial charge in [-0.1, -0.05) is 13.8 Å². The summed E-state index contributed by atoms with van der Waals surface area (Å²) < 4.78 is 0. The van der Waals surface area contributed by atoms with Crippen LogP contribution in [0.5, 0.6) is 0 Å². The summed E-state index contributed by atoms with van der Waals surface area (Å²) in [5.41, 5.74) is 5.93. The molecule has 0 amide bonds. The molecule has 0 saturated carbocycles. The Morgan fingerprint density at radius 1 is 1.64 bits per heavy atom. The van der Waals surface area contributed by atoms with Crippen LogP contribution in [0.3, 0.4) is 0 Å². The fourth-order valence-electron chi connectivity index (χ4n) is 1.34. The zero-order chi connectivity index (χ0) is 8.48. The van der Waals surface area contributed by atoms with Crippen LogP contribution in [0.2, 0.25) is 0 Å². The van der Waals surface area contributed by atoms with Crippen molar-refractivity contribution < 1.29 is 0 Å². The summed E-state index contributed by atoms with van der Waals surface area (Å²) in [6.07, 6.45) is 1.18. The van der Waals surface area contributed by atoms with E-state index < -0.39 is 0 Å². The van der Waals surface area contributed by atoms with E-state index in [1.807, 2.05) is 4.90 Å². The van der Waals surface area contributed by atoms with Crippen molar-refractivity contribution in [3.05, 3.63) is 0 Å². The number of likely N-dealkylation sites (tertiary alicyclic amines) is 1. The Hall–Kier alpha value is -0.930. The Balaban J connectivity index is 2.40. The lowest BCUT2D eigenvalue weighted by atomic mass is 9.80. The van der Waals surface area contributed by atoms with Crippen LogP contribution in [0.4, 0.5) is 0 Å². The van der Waals surface area contributed by atoms with E-state index in [0.29, 0.717) is 11.4 Å². The first kappa shape index (κ1) is 8.17. The van der Waals surface area contributed by atoms with E-state index in [1.165, 1.54) is 6.42 Å². The van der Waals surface area contributed by atoms with Crippen molar-refractivity contribution >= 4 is 5.96 Å². The van der Waals surface area contributed by atoms with E-state index in [1.54, 1.807) is 0 Å². The molecule has 0 aromatic rings. The molecule has 1 aliphatic heterocycles. The fraction of sp³-hybridized carbons (Fsp3) is 0.857. The molecule has 0 spiro atoms. The van der Waals surface area contributed by atoms with Crippen molar-refractivity contribution in [1.29, 1.82) is 0 Å². The summed E-state index contributed by atoms with van der Waals surface area (Å²) in [6, 6.07) is 0. The largest absolute Gasteiger partial charge is 0.368 e. The highest BCUT2D eigenvalue weighted by molar-refractivity contribution is 5.78. The van der Waals surface area contributed by atoms with E-state index in [-0.39, 0.29) is 0 Å². The van der Waals surface area contributed by atoms with Gasteiger partial charge in [-0.3, -0.25) is 0 Å². The van der Waals surface area contributed by atoms with Crippen molar-refractivity contribution in [3.63, 3.8) is 0 Å². The Morgan fingerprint density at radius 3 is 2.55 bits per heavy atom. The predicted molar refractivity (Wildman–Crippen MR) is 45.8 cm³/mol. The fourth-order valence-corrected chi connectivity index (χ4v) is 1.34. The van der Waals surface area contributed by atoms with Crippen LogP contribution in [0.15, 0.2) is 5.10 Å². The maximum atomic E-state index is 5.50. The Morgan fingerprint density at radius 2 is 2.18 bits per heavy atom. The number of hydrazone groups is 1. The number of guanidine groups is 1. The molecule has 0 atom stereocenters. The topological polar surface area (TPSA) is 67.6 Å². The third-order valence-corrected chi connectivity index (χ3v) is 2.45. The first-order valence-electron chi connectivity index (χ1n) is 3.89. The Kier molecular flexibility index (Phi) is 1.93. The maximum absolute atomic E-state index is 5.50. The maximum Gasteiger partial charge on any atom is 0.213 e. The van der Waals surface area contributed by atoms with Crippen LogP contribution in [-0.4, -0.2) is 23.9 Å². The number of rotatable bonds is 1. The van der Waals surface area contributed by atoms with Gasteiger partial charge in [0.05, 0.1) is 0 Å². The van der Waals surface area contributed by atoms with Crippen LogP contribution in [0.25, 0.3) is 0 Å². The molecule has 4 N–H and O–H groups in total. The average molecular weight is 156 g/mol. The van der Waals surface area contributed by atoms with Crippen LogP contribution in [0.1, 0.15) is 20.3 Å². The van der Waals surface area contributed by atoms with Gasteiger partial charge in [-0.25, -0.2) is 0 Å². The second-order valence-corrected chi connectivity index (χ2v) is 3.51. The molecule has 1 saturated heterocycles. The monoisotopic (exact) mass is 156 g/mol. The summed E-state index contributed by atoms with van der Waals surface area (Å²) in [5, 5.41) is 3.43. The molecule has 4 heteroatoms. The first-order chi connectivity index (χ1) is 5.11. The molecule has 1 fully saturated rings. The smallest absolute Gasteiger partial charge is 0.213 e. The molecule has 0 radical (unpaired) electrons. The minimum Gasteiger partial charge on any atom is -0.368 e. The molecule has 1 heterocycles. The summed E-state index contributed by atoms with van der Waals surface area (Å²) in [5.74, 6) is 5.49. The molecular weight excluding hydrogens is 140 g/mol. The second kappa shape index (κ2) is 2.60. The van der Waals surface area contributed by atoms with Gasteiger partial charge in [0.15, 0.2) is 0 Å². The predicted octanol–water partition coefficient (Wildman–Crippen LogP) is -0.0933. The molecule has 1 aliphatic rings. The van der Waals surface area contributed by atoms with Gasteiger partial charge in [0.25, 0.3) is 0 Å². The summed E-state index contributed by atoms with van der Waals surface area (Å²) in [6.45, 7) is 6.40. The first-order valence-corrected chi connectivity index (χ1v) is 3.89. The molecule has 0 aromatic carbocycles. The highest BCUT2D eigenvalue weighted by atomic mass is 15.4. The molecule has 0 aromatic heterocycles. The molecule has 1 rings (SSSR count). The number of nitrogens with zero attached hydrogens (tertiary/aromatic N) is 2. The molecule has 64 valence electrons. The van der Waals surface area contributed by atoms with Gasteiger partial charge >= 0.3 is 0 Å². The average Bonchev–Trinajstić information content (AvgIpc) is 1.97. The third-order valence-electron chi connectivity index (χ3n) is 2.45. The van der Waals surface area contributed by atoms with Gasteiger partial charge in [-0.05, 0) is 6.42 Å². The van der Waals surface area contributed by atoms with E-state index in [4.69, 9.17) is 11.6 Å². The highest BCUT2D eigenvalue weighted by Gasteiger charge is 2.37. The SMILES string of the molecule is CCC1(C)CN(/C(N)=N/N)C1. The summed E-state index contributed by atoms with van der Waals surface area (Å²) >= 11 is 0. The van der Waals surface area contributed by atoms with Gasteiger partial charge in [-0.2, -0.15) is 0 Å². The molecule has 0 bridgehead atoms. The van der Waals surface area contributed by atoms with Crippen molar-refractivity contribution in [3.8, 4) is 0 Å². The van der Waals surface area contributed by atoms with Crippen LogP contribution in [0, 0.1) is 5.41 Å². The van der Waals surface area contributed by atoms with E-state index in [0.717, 1.165) is 13.1 Å². The van der Waals surface area contributed by atoms with Gasteiger partial charge in [0.2, 0.25) is 5.96 Å². The molecule has 4 nitrogen and oxygen atoms in total. The second-order valence-electron chi connectivity index (χ2n) is 3.51. The highest BCUT2D eigenvalue weighted by Crippen LogP contribution is 2.32. The van der Waals surface area contributed by atoms with E-state index >= 15 is 0 Å². The molecular formula is C7H16N4. The summed E-state index contributed by atoms with van der Waals surface area (Å²) in [4.78, 5) is 1.99. The van der Waals surface area contributed by atoms with Gasteiger partial charge in [-0.15, -0.1) is 5.10 Å². The van der Waals surface area contributed by atoms with Gasteiger partial charge in [0, 0.05) is 18.5 Å². The number of hydrogen-bond acceptors (Lipinski definition) is 2. The standard InChI is InChI=1S/C7H16N4/c1-3-7(2)4-11(5-7)6(8)10-9/h3-5,9H2,1-2H3,(H2,8,10). The zero-order valence-electron chi connectivity index (χ0n) is 7.17. The minimum atomic E-state index is 0.426. The minimum absolute atomic E-state index is 0.426. The number of nitrogens with two attached hydrogens (primary N) is 2. The van der Waals surface area contributed by atoms with Crippen LogP contribution in [-0.2, 0) is 0 Å². The van der Waals surface area contributed by atoms with Crippen LogP contribution >= 0.6 is 0 Å². The molecule has 11 heavy (non-hydrogen) atoms. The van der Waals surface area contributed by atoms with Gasteiger partial charge in [0.1, 0.15) is 0 Å². The number of hydrogen-bond donors (Lipinski definition) is 2. The lowest BCUT2D eigenvalue weighted by Crippen LogP contribution is -2.59. The van der Waals surface area contributed by atoms with Crippen LogP contribution < -0.4 is 11.6 Å². The van der Waals surface area contributed by atoms with Crippen molar-refractivity contribution in [1.82, 2.24) is 4.90 Å². The lowest BCUT2D eigenvalue weighted by molar-refractivity contribution is 0.0729. The molecule has 0 unspecified atom stereocenters. The Bertz CT molecular complexity index is 169. The van der Waals surface area contributed by atoms with Crippen molar-refractivity contribution in [2.45, 2.75) is 20.3 Å².